The van der Waals surface area contributed by atoms with Gasteiger partial charge in [0.2, 0.25) is 0 Å². The van der Waals surface area contributed by atoms with E-state index in [1.54, 1.807) is 0 Å². The highest BCUT2D eigenvalue weighted by Crippen LogP contribution is 2.29. The molecule has 1 fully saturated rings. The molecular weight excluding hydrogens is 206 g/mol. The molecule has 1 aliphatic rings. The van der Waals surface area contributed by atoms with Gasteiger partial charge in [-0.1, -0.05) is 18.9 Å². The van der Waals surface area contributed by atoms with Crippen LogP contribution in [0.2, 0.25) is 0 Å². The highest BCUT2D eigenvalue weighted by Gasteiger charge is 2.23. The van der Waals surface area contributed by atoms with Crippen molar-refractivity contribution in [1.82, 2.24) is 0 Å². The fraction of sp³-hybridized carbons (Fsp3) is 0.500. The van der Waals surface area contributed by atoms with Crippen LogP contribution in [-0.2, 0) is 10.8 Å². The van der Waals surface area contributed by atoms with Gasteiger partial charge in [0.25, 0.3) is 0 Å². The third kappa shape index (κ3) is 2.23. The summed E-state index contributed by atoms with van der Waals surface area (Å²) in [6, 6.07) is 5.81. The molecule has 2 nitrogen and oxygen atoms in total. The molecule has 1 atom stereocenters. The topological polar surface area (TPSA) is 43.1 Å². The summed E-state index contributed by atoms with van der Waals surface area (Å²) in [6.07, 6.45) is 4.59. The lowest BCUT2D eigenvalue weighted by molar-refractivity contribution is 0.669. The maximum absolute atomic E-state index is 12.2. The molecule has 0 aliphatic heterocycles. The monoisotopic (exact) mass is 223 g/mol. The zero-order valence-corrected chi connectivity index (χ0v) is 9.85. The lowest BCUT2D eigenvalue weighted by atomic mass is 10.2. The Kier molecular flexibility index (Phi) is 3.10. The van der Waals surface area contributed by atoms with Crippen LogP contribution in [0.3, 0.4) is 0 Å². The molecule has 0 heterocycles. The Bertz CT molecular complexity index is 383. The molecule has 2 N–H and O–H groups in total. The average molecular weight is 223 g/mol. The molecule has 0 spiro atoms. The number of rotatable bonds is 2. The molecular formula is C12H17NOS. The van der Waals surface area contributed by atoms with Crippen LogP contribution < -0.4 is 5.73 Å². The first kappa shape index (κ1) is 10.7. The van der Waals surface area contributed by atoms with Gasteiger partial charge >= 0.3 is 0 Å². The molecule has 0 bridgehead atoms. The number of anilines is 1. The Morgan fingerprint density at radius 3 is 2.60 bits per heavy atom. The molecule has 1 unspecified atom stereocenters. The van der Waals surface area contributed by atoms with E-state index in [1.165, 1.54) is 12.8 Å². The first-order chi connectivity index (χ1) is 7.18. The molecule has 0 saturated heterocycles. The van der Waals surface area contributed by atoms with Gasteiger partial charge in [0.15, 0.2) is 0 Å². The average Bonchev–Trinajstić information content (AvgIpc) is 2.69. The molecule has 3 heteroatoms. The van der Waals surface area contributed by atoms with Crippen molar-refractivity contribution in [3.05, 3.63) is 23.8 Å². The van der Waals surface area contributed by atoms with Crippen LogP contribution in [0, 0.1) is 6.92 Å². The maximum Gasteiger partial charge on any atom is 0.0620 e. The summed E-state index contributed by atoms with van der Waals surface area (Å²) < 4.78 is 12.2. The third-order valence-electron chi connectivity index (χ3n) is 2.99. The van der Waals surface area contributed by atoms with Gasteiger partial charge in [-0.15, -0.1) is 0 Å². The first-order valence-electron chi connectivity index (χ1n) is 5.45. The number of benzene rings is 1. The Labute approximate surface area is 93.3 Å². The van der Waals surface area contributed by atoms with Crippen LogP contribution in [0.25, 0.3) is 0 Å². The Hall–Kier alpha value is -0.830. The van der Waals surface area contributed by atoms with Crippen molar-refractivity contribution in [3.63, 3.8) is 0 Å². The van der Waals surface area contributed by atoms with Gasteiger partial charge in [0, 0.05) is 10.9 Å². The second-order valence-electron chi connectivity index (χ2n) is 4.25. The van der Waals surface area contributed by atoms with Gasteiger partial charge in [-0.25, -0.2) is 0 Å². The minimum absolute atomic E-state index is 0.329. The number of nitrogens with two attached hydrogens (primary N) is 1. The smallest absolute Gasteiger partial charge is 0.0620 e. The van der Waals surface area contributed by atoms with Crippen LogP contribution in [-0.4, -0.2) is 9.46 Å². The maximum atomic E-state index is 12.2. The fourth-order valence-electron chi connectivity index (χ4n) is 2.13. The largest absolute Gasteiger partial charge is 0.398 e. The molecule has 1 aliphatic carbocycles. The summed E-state index contributed by atoms with van der Waals surface area (Å²) in [5.74, 6) is 0. The van der Waals surface area contributed by atoms with Crippen molar-refractivity contribution in [2.45, 2.75) is 42.8 Å². The second-order valence-corrected chi connectivity index (χ2v) is 5.95. The quantitative estimate of drug-likeness (QED) is 0.783. The molecule has 1 aromatic carbocycles. The van der Waals surface area contributed by atoms with E-state index in [-0.39, 0.29) is 0 Å². The number of aryl methyl sites for hydroxylation is 1. The summed E-state index contributed by atoms with van der Waals surface area (Å²) in [5, 5.41) is 0.329. The number of hydrogen-bond acceptors (Lipinski definition) is 2. The van der Waals surface area contributed by atoms with Crippen molar-refractivity contribution < 1.29 is 4.21 Å². The number of nitrogen functional groups attached to an aromatic ring is 1. The van der Waals surface area contributed by atoms with Gasteiger partial charge < -0.3 is 5.73 Å². The zero-order chi connectivity index (χ0) is 10.8. The summed E-state index contributed by atoms with van der Waals surface area (Å²) in [5.41, 5.74) is 7.70. The van der Waals surface area contributed by atoms with Crippen molar-refractivity contribution >= 4 is 16.5 Å². The predicted octanol–water partition coefficient (Wildman–Crippen LogP) is 2.63. The Balaban J connectivity index is 2.24. The zero-order valence-electron chi connectivity index (χ0n) is 9.03. The standard InChI is InChI=1S/C12H17NOS/c1-9-6-7-12(11(13)8-9)15(14)10-4-2-3-5-10/h6-8,10H,2-5,13H2,1H3. The predicted molar refractivity (Wildman–Crippen MR) is 64.3 cm³/mol. The van der Waals surface area contributed by atoms with Crippen molar-refractivity contribution in [2.24, 2.45) is 0 Å². The van der Waals surface area contributed by atoms with Crippen molar-refractivity contribution in [2.75, 3.05) is 5.73 Å². The van der Waals surface area contributed by atoms with E-state index in [2.05, 4.69) is 0 Å². The summed E-state index contributed by atoms with van der Waals surface area (Å²) in [7, 11) is -0.904. The van der Waals surface area contributed by atoms with Gasteiger partial charge in [0.05, 0.1) is 15.7 Å². The molecule has 1 saturated carbocycles. The van der Waals surface area contributed by atoms with Gasteiger partial charge in [0.1, 0.15) is 0 Å². The van der Waals surface area contributed by atoms with Crippen molar-refractivity contribution in [1.29, 1.82) is 0 Å². The lowest BCUT2D eigenvalue weighted by Crippen LogP contribution is -2.12. The first-order valence-corrected chi connectivity index (χ1v) is 6.66. The van der Waals surface area contributed by atoms with Crippen LogP contribution in [0.15, 0.2) is 23.1 Å². The molecule has 15 heavy (non-hydrogen) atoms. The summed E-state index contributed by atoms with van der Waals surface area (Å²) in [4.78, 5) is 0.826. The van der Waals surface area contributed by atoms with E-state index in [1.807, 2.05) is 25.1 Å². The molecule has 2 rings (SSSR count). The molecule has 0 radical (unpaired) electrons. The van der Waals surface area contributed by atoms with E-state index >= 15 is 0 Å². The van der Waals surface area contributed by atoms with E-state index < -0.39 is 10.8 Å². The van der Waals surface area contributed by atoms with Gasteiger partial charge in [-0.2, -0.15) is 0 Å². The van der Waals surface area contributed by atoms with Crippen LogP contribution in [0.4, 0.5) is 5.69 Å². The fourth-order valence-corrected chi connectivity index (χ4v) is 3.75. The minimum atomic E-state index is -0.904. The van der Waals surface area contributed by atoms with E-state index in [4.69, 9.17) is 5.73 Å². The Morgan fingerprint density at radius 2 is 2.00 bits per heavy atom. The third-order valence-corrected chi connectivity index (χ3v) is 4.87. The summed E-state index contributed by atoms with van der Waals surface area (Å²) >= 11 is 0. The molecule has 82 valence electrons. The molecule has 0 aromatic heterocycles. The second kappa shape index (κ2) is 4.35. The van der Waals surface area contributed by atoms with Crippen molar-refractivity contribution in [3.8, 4) is 0 Å². The highest BCUT2D eigenvalue weighted by molar-refractivity contribution is 7.85. The van der Waals surface area contributed by atoms with Crippen LogP contribution in [0.1, 0.15) is 31.2 Å². The van der Waals surface area contributed by atoms with E-state index in [0.29, 0.717) is 10.9 Å². The normalized spacial score (nSPS) is 19.3. The van der Waals surface area contributed by atoms with Crippen LogP contribution >= 0.6 is 0 Å². The molecule has 0 amide bonds. The highest BCUT2D eigenvalue weighted by atomic mass is 32.2. The molecule has 1 aromatic rings. The van der Waals surface area contributed by atoms with Crippen LogP contribution in [0.5, 0.6) is 0 Å². The number of hydrogen-bond donors (Lipinski definition) is 1. The van der Waals surface area contributed by atoms with E-state index in [9.17, 15) is 4.21 Å². The SMILES string of the molecule is Cc1ccc(S(=O)C2CCCC2)c(N)c1. The minimum Gasteiger partial charge on any atom is -0.398 e. The lowest BCUT2D eigenvalue weighted by Gasteiger charge is -2.11. The summed E-state index contributed by atoms with van der Waals surface area (Å²) in [6.45, 7) is 2.00. The van der Waals surface area contributed by atoms with E-state index in [0.717, 1.165) is 23.3 Å². The van der Waals surface area contributed by atoms with Gasteiger partial charge in [-0.3, -0.25) is 4.21 Å². The Morgan fingerprint density at radius 1 is 1.33 bits per heavy atom. The van der Waals surface area contributed by atoms with Gasteiger partial charge in [-0.05, 0) is 37.5 Å².